The maximum absolute atomic E-state index is 2.58. The molecule has 0 N–H and O–H groups in total. The van der Waals surface area contributed by atoms with Crippen molar-refractivity contribution >= 4 is 13.9 Å². The normalized spacial score (nSPS) is 20.1. The Kier molecular flexibility index (Phi) is 7.35. The molecule has 2 atom stereocenters. The van der Waals surface area contributed by atoms with Crippen LogP contribution in [0.2, 0.25) is 13.1 Å². The Morgan fingerprint density at radius 1 is 0.647 bits per heavy atom. The van der Waals surface area contributed by atoms with Gasteiger partial charge in [0, 0.05) is 0 Å². The van der Waals surface area contributed by atoms with E-state index < -0.39 is 22.8 Å². The van der Waals surface area contributed by atoms with Gasteiger partial charge in [0.15, 0.2) is 0 Å². The first-order chi connectivity index (χ1) is 15.5. The van der Waals surface area contributed by atoms with Crippen LogP contribution in [0.3, 0.4) is 0 Å². The standard InChI is InChI=1S/2C14H11.C2H6Si.2ClH.Ti/c2*1-10-6-7-14-12(8-10)9-11-4-2-3-5-13(11)14;1-3-2;;;/h2*2-8,13H,1H3;1-2H3;2*1H;/q;;;;;+2/p-2. The second kappa shape index (κ2) is 9.80. The summed E-state index contributed by atoms with van der Waals surface area (Å²) in [5.74, 6) is 0.882. The van der Waals surface area contributed by atoms with Crippen molar-refractivity contribution in [1.82, 2.24) is 0 Å². The van der Waals surface area contributed by atoms with Gasteiger partial charge in [-0.1, -0.05) is 0 Å². The number of aryl methyl sites for hydroxylation is 2. The average molecular weight is 535 g/mol. The summed E-state index contributed by atoms with van der Waals surface area (Å²) in [4.78, 5) is 0. The third-order valence-corrected chi connectivity index (χ3v) is 18.3. The molecule has 6 rings (SSSR count). The number of fused-ring (bicyclic) bond motifs is 6. The van der Waals surface area contributed by atoms with Gasteiger partial charge >= 0.3 is 199 Å². The van der Waals surface area contributed by atoms with Gasteiger partial charge in [0.25, 0.3) is 0 Å². The van der Waals surface area contributed by atoms with E-state index in [0.29, 0.717) is 11.8 Å². The Bertz CT molecular complexity index is 1310. The zero-order valence-electron chi connectivity index (χ0n) is 20.0. The Morgan fingerprint density at radius 2 is 1.09 bits per heavy atom. The average Bonchev–Trinajstić information content (AvgIpc) is 3.27. The van der Waals surface area contributed by atoms with Crippen molar-refractivity contribution < 1.29 is 41.4 Å². The number of benzene rings is 2. The van der Waals surface area contributed by atoms with Crippen LogP contribution >= 0.6 is 0 Å². The summed E-state index contributed by atoms with van der Waals surface area (Å²) in [5, 5.41) is 0. The first kappa shape index (κ1) is 25.5. The van der Waals surface area contributed by atoms with Crippen molar-refractivity contribution in [2.24, 2.45) is 0 Å². The van der Waals surface area contributed by atoms with Crippen molar-refractivity contribution in [3.8, 4) is 0 Å². The number of halogens is 2. The number of hydrogen-bond donors (Lipinski definition) is 0. The van der Waals surface area contributed by atoms with E-state index in [1.165, 1.54) is 22.3 Å². The van der Waals surface area contributed by atoms with Crippen LogP contribution in [0, 0.1) is 13.8 Å². The smallest absolute Gasteiger partial charge is 1.00 e. The number of hydrogen-bond acceptors (Lipinski definition) is 0. The fourth-order valence-corrected chi connectivity index (χ4v) is 17.5. The minimum Gasteiger partial charge on any atom is -1.00 e. The molecule has 170 valence electrons. The second-order valence-electron chi connectivity index (χ2n) is 9.66. The molecule has 0 fully saturated rings. The zero-order valence-corrected chi connectivity index (χ0v) is 24.1. The fourth-order valence-electron chi connectivity index (χ4n) is 5.91. The van der Waals surface area contributed by atoms with Crippen LogP contribution in [0.5, 0.6) is 0 Å². The van der Waals surface area contributed by atoms with Crippen molar-refractivity contribution in [3.05, 3.63) is 130 Å². The molecule has 4 aliphatic carbocycles. The summed E-state index contributed by atoms with van der Waals surface area (Å²) in [7, 11) is 0. The summed E-state index contributed by atoms with van der Waals surface area (Å²) in [5.41, 5.74) is 12.1. The molecular formula is C30H28Cl2SiTi. The zero-order chi connectivity index (χ0) is 22.0. The molecule has 0 amide bonds. The van der Waals surface area contributed by atoms with Gasteiger partial charge in [-0.15, -0.1) is 0 Å². The van der Waals surface area contributed by atoms with Gasteiger partial charge in [0.2, 0.25) is 0 Å². The summed E-state index contributed by atoms with van der Waals surface area (Å²) < 4.78 is 3.51. The molecule has 2 unspecified atom stereocenters. The summed E-state index contributed by atoms with van der Waals surface area (Å²) >= 11 is -1.80. The van der Waals surface area contributed by atoms with Gasteiger partial charge in [-0.05, 0) is 0 Å². The first-order valence-electron chi connectivity index (χ1n) is 11.6. The van der Waals surface area contributed by atoms with Gasteiger partial charge in [0.1, 0.15) is 0 Å². The van der Waals surface area contributed by atoms with Crippen molar-refractivity contribution in [1.29, 1.82) is 0 Å². The summed E-state index contributed by atoms with van der Waals surface area (Å²) in [6, 6.07) is 14.4. The van der Waals surface area contributed by atoms with Crippen LogP contribution in [0.1, 0.15) is 45.2 Å². The van der Waals surface area contributed by atoms with Crippen LogP contribution < -0.4 is 24.8 Å². The van der Waals surface area contributed by atoms with E-state index in [1.807, 2.05) is 0 Å². The third-order valence-electron chi connectivity index (χ3n) is 7.25. The number of allylic oxidation sites excluding steroid dienone is 10. The molecule has 4 heteroatoms. The molecule has 0 spiro atoms. The van der Waals surface area contributed by atoms with Crippen molar-refractivity contribution in [2.45, 2.75) is 38.8 Å². The molecule has 2 aromatic carbocycles. The number of rotatable bonds is 2. The Morgan fingerprint density at radius 3 is 1.50 bits per heavy atom. The molecular weight excluding hydrogens is 507 g/mol. The van der Waals surface area contributed by atoms with Gasteiger partial charge in [-0.25, -0.2) is 0 Å². The Labute approximate surface area is 222 Å². The predicted molar refractivity (Wildman–Crippen MR) is 136 cm³/mol. The van der Waals surface area contributed by atoms with E-state index in [4.69, 9.17) is 0 Å². The van der Waals surface area contributed by atoms with Crippen LogP contribution in [0.25, 0.3) is 7.76 Å². The molecule has 0 radical (unpaired) electrons. The predicted octanol–water partition coefficient (Wildman–Crippen LogP) is 1.75. The van der Waals surface area contributed by atoms with Gasteiger partial charge in [0.05, 0.1) is 0 Å². The van der Waals surface area contributed by atoms with Crippen LogP contribution in [0.4, 0.5) is 0 Å². The van der Waals surface area contributed by atoms with Crippen LogP contribution in [-0.4, -0.2) is 6.19 Å². The van der Waals surface area contributed by atoms with E-state index in [1.54, 1.807) is 30.0 Å². The Hall–Kier alpha value is -1.61. The molecule has 0 nitrogen and oxygen atoms in total. The molecule has 0 saturated carbocycles. The topological polar surface area (TPSA) is 0 Å². The monoisotopic (exact) mass is 534 g/mol. The van der Waals surface area contributed by atoms with E-state index in [9.17, 15) is 0 Å². The van der Waals surface area contributed by atoms with E-state index >= 15 is 0 Å². The minimum absolute atomic E-state index is 0. The summed E-state index contributed by atoms with van der Waals surface area (Å²) in [6.45, 7) is 9.66. The van der Waals surface area contributed by atoms with Crippen LogP contribution in [-0.2, 0) is 16.6 Å². The van der Waals surface area contributed by atoms with Crippen molar-refractivity contribution in [3.63, 3.8) is 0 Å². The first-order valence-corrected chi connectivity index (χ1v) is 18.0. The van der Waals surface area contributed by atoms with Crippen LogP contribution in [0.15, 0.2) is 96.2 Å². The molecule has 0 aromatic heterocycles. The van der Waals surface area contributed by atoms with E-state index in [0.717, 1.165) is 0 Å². The van der Waals surface area contributed by atoms with Gasteiger partial charge in [-0.3, -0.25) is 0 Å². The quantitative estimate of drug-likeness (QED) is 0.515. The SMILES string of the molecule is Cc1ccc2c(c1)[C]([Ti+2]([C]1=C3C=CC=CC3c3ccc(C)cc31)=[Si](C)C)=C1C=CC=CC12.[Cl-].[Cl-]. The maximum Gasteiger partial charge on any atom is -1.00 e. The molecule has 0 saturated heterocycles. The summed E-state index contributed by atoms with van der Waals surface area (Å²) in [6.07, 6.45) is 18.2. The van der Waals surface area contributed by atoms with E-state index in [2.05, 4.69) is 112 Å². The molecule has 0 heterocycles. The molecule has 34 heavy (non-hydrogen) atoms. The van der Waals surface area contributed by atoms with Crippen molar-refractivity contribution in [2.75, 3.05) is 0 Å². The maximum atomic E-state index is 2.58. The fraction of sp³-hybridized carbons (Fsp3) is 0.200. The second-order valence-corrected chi connectivity index (χ2v) is 21.1. The minimum atomic E-state index is -1.80. The van der Waals surface area contributed by atoms with Gasteiger partial charge < -0.3 is 24.8 Å². The van der Waals surface area contributed by atoms with Gasteiger partial charge in [-0.2, -0.15) is 0 Å². The largest absolute Gasteiger partial charge is 1.00 e. The molecule has 0 bridgehead atoms. The Balaban J connectivity index is 0.00000137. The molecule has 4 aliphatic rings. The van der Waals surface area contributed by atoms with E-state index in [-0.39, 0.29) is 24.8 Å². The third kappa shape index (κ3) is 3.87. The molecule has 2 aromatic rings. The molecule has 0 aliphatic heterocycles.